The third-order valence-electron chi connectivity index (χ3n) is 13.2. The highest BCUT2D eigenvalue weighted by molar-refractivity contribution is 7.00. The molecular weight excluding hydrogens is 725 g/mol. The molecule has 0 bridgehead atoms. The van der Waals surface area contributed by atoms with Crippen molar-refractivity contribution in [1.29, 1.82) is 0 Å². The normalized spacial score (nSPS) is 16.3. The summed E-state index contributed by atoms with van der Waals surface area (Å²) in [4.78, 5) is 13.5. The van der Waals surface area contributed by atoms with E-state index in [4.69, 9.17) is 17.5 Å². The van der Waals surface area contributed by atoms with Gasteiger partial charge in [-0.2, -0.15) is 17.5 Å². The smallest absolute Gasteiger partial charge is 0.159 e. The second-order valence-corrected chi connectivity index (χ2v) is 18.1. The van der Waals surface area contributed by atoms with Crippen LogP contribution < -0.4 is 0 Å². The highest BCUT2D eigenvalue weighted by atomic mass is 32.1. The van der Waals surface area contributed by atoms with Gasteiger partial charge >= 0.3 is 0 Å². The number of carbonyl (C=O) groups is 1. The highest BCUT2D eigenvalue weighted by Gasteiger charge is 2.44. The first-order valence-corrected chi connectivity index (χ1v) is 23.4. The second-order valence-electron chi connectivity index (χ2n) is 17.0. The molecule has 0 fully saturated rings. The van der Waals surface area contributed by atoms with Crippen LogP contribution >= 0.6 is 23.5 Å². The first-order valence-electron chi connectivity index (χ1n) is 21.9. The number of ketones is 1. The molecule has 56 heavy (non-hydrogen) atoms. The van der Waals surface area contributed by atoms with Gasteiger partial charge in [0.2, 0.25) is 0 Å². The van der Waals surface area contributed by atoms with Crippen LogP contribution in [-0.2, 0) is 10.2 Å². The fraction of sp³-hybridized carbons (Fsp3) is 0.531. The van der Waals surface area contributed by atoms with E-state index in [0.717, 1.165) is 69.2 Å². The van der Waals surface area contributed by atoms with Crippen molar-refractivity contribution >= 4 is 56.9 Å². The molecule has 0 N–H and O–H groups in total. The topological polar surface area (TPSA) is 68.6 Å². The summed E-state index contributed by atoms with van der Waals surface area (Å²) in [5, 5.41) is 0. The van der Waals surface area contributed by atoms with E-state index in [9.17, 15) is 4.79 Å². The van der Waals surface area contributed by atoms with E-state index in [-0.39, 0.29) is 17.1 Å². The molecule has 0 saturated carbocycles. The molecule has 5 nitrogen and oxygen atoms in total. The van der Waals surface area contributed by atoms with Crippen LogP contribution in [0.5, 0.6) is 0 Å². The third-order valence-corrected chi connectivity index (χ3v) is 14.2. The molecule has 7 heteroatoms. The average molecular weight is 787 g/mol. The lowest BCUT2D eigenvalue weighted by atomic mass is 9.70. The molecule has 7 rings (SSSR count). The van der Waals surface area contributed by atoms with Gasteiger partial charge in [-0.1, -0.05) is 153 Å². The van der Waals surface area contributed by atoms with E-state index in [1.165, 1.54) is 154 Å². The number of nitrogens with zero attached hydrogens (tertiary/aromatic N) is 4. The summed E-state index contributed by atoms with van der Waals surface area (Å²) in [6.45, 7) is 13.0. The molecule has 5 aromatic rings. The van der Waals surface area contributed by atoms with Gasteiger partial charge in [-0.15, -0.1) is 0 Å². The molecule has 0 spiro atoms. The van der Waals surface area contributed by atoms with Crippen LogP contribution in [0.1, 0.15) is 173 Å². The van der Waals surface area contributed by atoms with Crippen LogP contribution in [0, 0.1) is 5.92 Å². The van der Waals surface area contributed by atoms with Gasteiger partial charge in [-0.05, 0) is 96.2 Å². The monoisotopic (exact) mass is 786 g/mol. The van der Waals surface area contributed by atoms with E-state index < -0.39 is 0 Å². The van der Waals surface area contributed by atoms with E-state index >= 15 is 0 Å². The summed E-state index contributed by atoms with van der Waals surface area (Å²) in [5.41, 5.74) is 15.7. The number of unbranched alkanes of at least 4 members (excludes halogenated alkanes) is 14. The Kier molecular flexibility index (Phi) is 13.6. The zero-order chi connectivity index (χ0) is 39.1. The van der Waals surface area contributed by atoms with Gasteiger partial charge in [0.25, 0.3) is 0 Å². The van der Waals surface area contributed by atoms with Crippen LogP contribution in [0.3, 0.4) is 0 Å². The molecule has 2 aliphatic carbocycles. The Bertz CT molecular complexity index is 2170. The number of hydrogen-bond acceptors (Lipinski definition) is 7. The zero-order valence-corrected chi connectivity index (χ0v) is 36.1. The Morgan fingerprint density at radius 1 is 0.661 bits per heavy atom. The minimum Gasteiger partial charge on any atom is -0.295 e. The van der Waals surface area contributed by atoms with Gasteiger partial charge < -0.3 is 0 Å². The number of allylic oxidation sites excluding steroid dienone is 3. The molecule has 1 unspecified atom stereocenters. The molecule has 3 aromatic carbocycles. The highest BCUT2D eigenvalue weighted by Crippen LogP contribution is 2.57. The predicted molar refractivity (Wildman–Crippen MR) is 240 cm³/mol. The lowest BCUT2D eigenvalue weighted by Gasteiger charge is -2.33. The maximum Gasteiger partial charge on any atom is 0.159 e. The summed E-state index contributed by atoms with van der Waals surface area (Å²) in [5.74, 6) is 0.370. The average Bonchev–Trinajstić information content (AvgIpc) is 3.95. The number of rotatable bonds is 21. The number of fused-ring (bicyclic) bond motifs is 6. The Hall–Kier alpha value is -3.55. The number of benzene rings is 3. The molecule has 2 aromatic heterocycles. The lowest BCUT2D eigenvalue weighted by molar-refractivity contribution is -0.116. The first kappa shape index (κ1) is 40.6. The van der Waals surface area contributed by atoms with Crippen LogP contribution in [-0.4, -0.2) is 23.3 Å². The van der Waals surface area contributed by atoms with Crippen molar-refractivity contribution in [3.63, 3.8) is 0 Å². The summed E-state index contributed by atoms with van der Waals surface area (Å²) < 4.78 is 19.3. The first-order chi connectivity index (χ1) is 27.4. The van der Waals surface area contributed by atoms with Gasteiger partial charge in [0.1, 0.15) is 22.1 Å². The van der Waals surface area contributed by atoms with Crippen molar-refractivity contribution in [2.45, 2.75) is 162 Å². The van der Waals surface area contributed by atoms with Crippen LogP contribution in [0.15, 0.2) is 60.2 Å². The van der Waals surface area contributed by atoms with Crippen LogP contribution in [0.25, 0.3) is 49.9 Å². The Balaban J connectivity index is 1.32. The van der Waals surface area contributed by atoms with Crippen molar-refractivity contribution < 1.29 is 4.79 Å². The van der Waals surface area contributed by atoms with E-state index in [0.29, 0.717) is 6.42 Å². The molecule has 1 atom stereocenters. The minimum absolute atomic E-state index is 0.0989. The van der Waals surface area contributed by atoms with Gasteiger partial charge in [0.05, 0.1) is 23.5 Å². The molecule has 0 radical (unpaired) electrons. The Morgan fingerprint density at radius 2 is 1.20 bits per heavy atom. The Labute approximate surface area is 344 Å². The number of hydrogen-bond donors (Lipinski definition) is 0. The quantitative estimate of drug-likeness (QED) is 0.0547. The van der Waals surface area contributed by atoms with Crippen LogP contribution in [0.2, 0.25) is 0 Å². The van der Waals surface area contributed by atoms with Gasteiger partial charge in [0.15, 0.2) is 5.78 Å². The lowest BCUT2D eigenvalue weighted by Crippen LogP contribution is -2.25. The van der Waals surface area contributed by atoms with Crippen LogP contribution in [0.4, 0.5) is 0 Å². The molecule has 2 aliphatic rings. The van der Waals surface area contributed by atoms with E-state index in [1.807, 2.05) is 6.92 Å². The molecule has 0 amide bonds. The van der Waals surface area contributed by atoms with E-state index in [1.54, 1.807) is 0 Å². The molecular formula is C49H62N4OS2. The fourth-order valence-electron chi connectivity index (χ4n) is 9.84. The van der Waals surface area contributed by atoms with E-state index in [2.05, 4.69) is 69.8 Å². The van der Waals surface area contributed by atoms with Gasteiger partial charge in [-0.3, -0.25) is 4.79 Å². The summed E-state index contributed by atoms with van der Waals surface area (Å²) in [6.07, 6.45) is 24.6. The van der Waals surface area contributed by atoms with Crippen molar-refractivity contribution in [2.24, 2.45) is 5.92 Å². The summed E-state index contributed by atoms with van der Waals surface area (Å²) in [6, 6.07) is 16.1. The molecule has 0 saturated heterocycles. The zero-order valence-electron chi connectivity index (χ0n) is 34.5. The Morgan fingerprint density at radius 3 is 1.79 bits per heavy atom. The SMILES string of the molecule is C=C(C)C1CC(=O)C(C)=C(c2ccc3nsnc3c2-c2ccc3c(c2)C(CCCCCCCCCC)(CCCCCCCCCC)c2ccc4nsnc4c2-3)C1. The van der Waals surface area contributed by atoms with Gasteiger partial charge in [0, 0.05) is 23.0 Å². The number of Topliss-reactive ketones (excluding diaryl/α,β-unsaturated/α-hetero) is 1. The second kappa shape index (κ2) is 18.8. The van der Waals surface area contributed by atoms with Crippen molar-refractivity contribution in [1.82, 2.24) is 17.5 Å². The van der Waals surface area contributed by atoms with Gasteiger partial charge in [-0.25, -0.2) is 0 Å². The maximum absolute atomic E-state index is 13.5. The summed E-state index contributed by atoms with van der Waals surface area (Å²) in [7, 11) is 0. The fourth-order valence-corrected chi connectivity index (χ4v) is 10.9. The molecule has 296 valence electrons. The standard InChI is InChI=1S/C49H62N4OS2/c1-6-8-10-12-14-16-18-20-28-49(29-21-19-17-15-13-11-9-7-2)40-25-27-43-48(53-56-51-43)46(40)38-23-22-35(31-41(38)49)45-37(24-26-42-47(45)52-55-50-42)39-30-36(33(3)4)32-44(54)34(39)5/h22-27,31,36H,3,6-21,28-30,32H2,1-2,4-5H3. The van der Waals surface area contributed by atoms with Crippen molar-refractivity contribution in [2.75, 3.05) is 0 Å². The third kappa shape index (κ3) is 8.36. The predicted octanol–water partition coefficient (Wildman–Crippen LogP) is 15.0. The van der Waals surface area contributed by atoms with Crippen molar-refractivity contribution in [3.8, 4) is 22.3 Å². The largest absolute Gasteiger partial charge is 0.295 e. The maximum atomic E-state index is 13.5. The molecule has 2 heterocycles. The summed E-state index contributed by atoms with van der Waals surface area (Å²) >= 11 is 2.60. The number of aromatic nitrogens is 4. The minimum atomic E-state index is -0.0989. The number of carbonyl (C=O) groups excluding carboxylic acids is 1. The molecule has 0 aliphatic heterocycles. The van der Waals surface area contributed by atoms with Crippen molar-refractivity contribution in [3.05, 3.63) is 76.9 Å².